The Balaban J connectivity index is 1.67. The third-order valence-electron chi connectivity index (χ3n) is 6.02. The molecular formula is C24H23BrFNO2. The van der Waals surface area contributed by atoms with E-state index in [4.69, 9.17) is 4.74 Å². The van der Waals surface area contributed by atoms with Crippen LogP contribution in [0.1, 0.15) is 35.7 Å². The van der Waals surface area contributed by atoms with Crippen molar-refractivity contribution in [3.63, 3.8) is 0 Å². The largest absolute Gasteiger partial charge is 0.458 e. The summed E-state index contributed by atoms with van der Waals surface area (Å²) >= 11 is 3.50. The number of esters is 1. The number of rotatable bonds is 4. The van der Waals surface area contributed by atoms with E-state index in [2.05, 4.69) is 21.2 Å². The average molecular weight is 456 g/mol. The third kappa shape index (κ3) is 3.94. The van der Waals surface area contributed by atoms with Crippen molar-refractivity contribution in [1.82, 2.24) is 5.32 Å². The van der Waals surface area contributed by atoms with Crippen LogP contribution in [-0.2, 0) is 10.2 Å². The Labute approximate surface area is 178 Å². The van der Waals surface area contributed by atoms with Crippen LogP contribution < -0.4 is 5.32 Å². The molecular weight excluding hydrogens is 433 g/mol. The molecule has 1 heterocycles. The monoisotopic (exact) mass is 455 g/mol. The number of fused-ring (bicyclic) bond motifs is 1. The van der Waals surface area contributed by atoms with Crippen molar-refractivity contribution in [3.8, 4) is 0 Å². The predicted molar refractivity (Wildman–Crippen MR) is 117 cm³/mol. The lowest BCUT2D eigenvalue weighted by molar-refractivity contribution is 0.00470. The summed E-state index contributed by atoms with van der Waals surface area (Å²) in [6.07, 6.45) is 1.30. The highest BCUT2D eigenvalue weighted by Gasteiger charge is 2.41. The van der Waals surface area contributed by atoms with Crippen molar-refractivity contribution in [2.24, 2.45) is 0 Å². The Hall–Kier alpha value is -2.24. The van der Waals surface area contributed by atoms with Gasteiger partial charge in [0.1, 0.15) is 11.9 Å². The molecule has 0 spiro atoms. The number of piperidine rings is 1. The van der Waals surface area contributed by atoms with Crippen molar-refractivity contribution in [1.29, 1.82) is 0 Å². The molecule has 150 valence electrons. The van der Waals surface area contributed by atoms with Crippen molar-refractivity contribution in [2.75, 3.05) is 13.1 Å². The van der Waals surface area contributed by atoms with E-state index in [9.17, 15) is 9.18 Å². The van der Waals surface area contributed by atoms with E-state index in [1.54, 1.807) is 0 Å². The quantitative estimate of drug-likeness (QED) is 0.519. The van der Waals surface area contributed by atoms with Gasteiger partial charge in [-0.25, -0.2) is 9.18 Å². The fourth-order valence-electron chi connectivity index (χ4n) is 4.36. The summed E-state index contributed by atoms with van der Waals surface area (Å²) in [5, 5.41) is 5.22. The molecule has 0 radical (unpaired) electrons. The fourth-order valence-corrected chi connectivity index (χ4v) is 4.84. The van der Waals surface area contributed by atoms with Gasteiger partial charge < -0.3 is 10.1 Å². The highest BCUT2D eigenvalue weighted by atomic mass is 79.9. The van der Waals surface area contributed by atoms with Crippen LogP contribution in [0.2, 0.25) is 0 Å². The van der Waals surface area contributed by atoms with E-state index >= 15 is 0 Å². The standard InChI is InChI=1S/C24H23BrFNO2/c1-16(24(10-12-27-13-11-24)18-6-8-20(26)9-7-18)29-23(28)22-15-19(25)14-17-4-2-3-5-21(17)22/h2-9,14-16,27H,10-13H2,1H3. The first-order valence-corrected chi connectivity index (χ1v) is 10.6. The van der Waals surface area contributed by atoms with Crippen molar-refractivity contribution in [2.45, 2.75) is 31.3 Å². The first-order valence-electron chi connectivity index (χ1n) is 9.86. The van der Waals surface area contributed by atoms with E-state index in [-0.39, 0.29) is 23.3 Å². The topological polar surface area (TPSA) is 38.3 Å². The Morgan fingerprint density at radius 3 is 2.52 bits per heavy atom. The molecule has 0 aliphatic carbocycles. The van der Waals surface area contributed by atoms with Crippen LogP contribution in [0.4, 0.5) is 4.39 Å². The summed E-state index contributed by atoms with van der Waals surface area (Å²) in [5.74, 6) is -0.599. The summed E-state index contributed by atoms with van der Waals surface area (Å²) in [6.45, 7) is 3.62. The molecule has 4 rings (SSSR count). The molecule has 1 aliphatic rings. The maximum atomic E-state index is 13.5. The van der Waals surface area contributed by atoms with Gasteiger partial charge in [0.15, 0.2) is 0 Å². The van der Waals surface area contributed by atoms with Gasteiger partial charge in [-0.05, 0) is 73.5 Å². The minimum atomic E-state index is -0.347. The zero-order valence-corrected chi connectivity index (χ0v) is 17.8. The van der Waals surface area contributed by atoms with Gasteiger partial charge in [0.05, 0.1) is 5.56 Å². The lowest BCUT2D eigenvalue weighted by Gasteiger charge is -2.42. The van der Waals surface area contributed by atoms with E-state index in [0.717, 1.165) is 46.7 Å². The summed E-state index contributed by atoms with van der Waals surface area (Å²) in [4.78, 5) is 13.2. The number of ether oxygens (including phenoxy) is 1. The molecule has 5 heteroatoms. The molecule has 3 aromatic rings. The van der Waals surface area contributed by atoms with Crippen molar-refractivity contribution < 1.29 is 13.9 Å². The van der Waals surface area contributed by atoms with E-state index in [1.165, 1.54) is 12.1 Å². The number of hydrogen-bond donors (Lipinski definition) is 1. The minimum Gasteiger partial charge on any atom is -0.458 e. The van der Waals surface area contributed by atoms with Crippen LogP contribution in [0, 0.1) is 5.82 Å². The van der Waals surface area contributed by atoms with Gasteiger partial charge in [-0.3, -0.25) is 0 Å². The molecule has 1 N–H and O–H groups in total. The second kappa shape index (κ2) is 8.25. The Bertz CT molecular complexity index is 1030. The molecule has 0 amide bonds. The zero-order chi connectivity index (χ0) is 20.4. The van der Waals surface area contributed by atoms with Gasteiger partial charge >= 0.3 is 5.97 Å². The molecule has 1 atom stereocenters. The number of benzene rings is 3. The molecule has 0 saturated carbocycles. The molecule has 29 heavy (non-hydrogen) atoms. The van der Waals surface area contributed by atoms with Gasteiger partial charge in [0.25, 0.3) is 0 Å². The predicted octanol–water partition coefficient (Wildman–Crippen LogP) is 5.61. The van der Waals surface area contributed by atoms with Crippen molar-refractivity contribution >= 4 is 32.7 Å². The Kier molecular flexibility index (Phi) is 5.70. The highest BCUT2D eigenvalue weighted by Crippen LogP contribution is 2.39. The maximum Gasteiger partial charge on any atom is 0.339 e. The van der Waals surface area contributed by atoms with Gasteiger partial charge in [0, 0.05) is 9.89 Å². The average Bonchev–Trinajstić information content (AvgIpc) is 2.74. The van der Waals surface area contributed by atoms with Crippen LogP contribution in [0.3, 0.4) is 0 Å². The normalized spacial score (nSPS) is 17.1. The molecule has 1 unspecified atom stereocenters. The Morgan fingerprint density at radius 1 is 1.10 bits per heavy atom. The number of nitrogens with one attached hydrogen (secondary N) is 1. The third-order valence-corrected chi connectivity index (χ3v) is 6.48. The van der Waals surface area contributed by atoms with Crippen LogP contribution in [0.25, 0.3) is 10.8 Å². The second-order valence-electron chi connectivity index (χ2n) is 7.64. The lowest BCUT2D eigenvalue weighted by Crippen LogP contribution is -2.48. The van der Waals surface area contributed by atoms with Crippen LogP contribution in [0.5, 0.6) is 0 Å². The molecule has 1 fully saturated rings. The van der Waals surface area contributed by atoms with Crippen LogP contribution >= 0.6 is 15.9 Å². The number of carbonyl (C=O) groups excluding carboxylic acids is 1. The van der Waals surface area contributed by atoms with E-state index in [0.29, 0.717) is 5.56 Å². The minimum absolute atomic E-state index is 0.261. The van der Waals surface area contributed by atoms with E-state index < -0.39 is 0 Å². The number of hydrogen-bond acceptors (Lipinski definition) is 3. The van der Waals surface area contributed by atoms with Gasteiger partial charge in [-0.2, -0.15) is 0 Å². The molecule has 0 bridgehead atoms. The first kappa shape index (κ1) is 20.0. The fraction of sp³-hybridized carbons (Fsp3) is 0.292. The smallest absolute Gasteiger partial charge is 0.339 e. The second-order valence-corrected chi connectivity index (χ2v) is 8.55. The zero-order valence-electron chi connectivity index (χ0n) is 16.3. The van der Waals surface area contributed by atoms with Gasteiger partial charge in [-0.15, -0.1) is 0 Å². The SMILES string of the molecule is CC(OC(=O)c1cc(Br)cc2ccccc12)C1(c2ccc(F)cc2)CCNCC1. The summed E-state index contributed by atoms with van der Waals surface area (Å²) in [6, 6.07) is 18.2. The molecule has 0 aromatic heterocycles. The first-order chi connectivity index (χ1) is 14.0. The molecule has 3 aromatic carbocycles. The van der Waals surface area contributed by atoms with Crippen LogP contribution in [0.15, 0.2) is 65.1 Å². The van der Waals surface area contributed by atoms with Gasteiger partial charge in [-0.1, -0.05) is 52.3 Å². The summed E-state index contributed by atoms with van der Waals surface area (Å²) in [5.41, 5.74) is 1.22. The molecule has 1 saturated heterocycles. The summed E-state index contributed by atoms with van der Waals surface area (Å²) in [7, 11) is 0. The van der Waals surface area contributed by atoms with E-state index in [1.807, 2.05) is 55.5 Å². The van der Waals surface area contributed by atoms with Crippen molar-refractivity contribution in [3.05, 3.63) is 82.1 Å². The summed E-state index contributed by atoms with van der Waals surface area (Å²) < 4.78 is 20.4. The van der Waals surface area contributed by atoms with Crippen LogP contribution in [-0.4, -0.2) is 25.2 Å². The number of carbonyl (C=O) groups is 1. The highest BCUT2D eigenvalue weighted by molar-refractivity contribution is 9.10. The van der Waals surface area contributed by atoms with Gasteiger partial charge in [0.2, 0.25) is 0 Å². The maximum absolute atomic E-state index is 13.5. The number of halogens is 2. The molecule has 3 nitrogen and oxygen atoms in total. The molecule has 1 aliphatic heterocycles. The lowest BCUT2D eigenvalue weighted by atomic mass is 9.69. The Morgan fingerprint density at radius 2 is 1.79 bits per heavy atom.